The number of rotatable bonds is 5. The lowest BCUT2D eigenvalue weighted by Crippen LogP contribution is -2.42. The molecule has 9 heteroatoms. The highest BCUT2D eigenvalue weighted by atomic mass is 79.9. The number of hydrogen-bond donors (Lipinski definition) is 0. The highest BCUT2D eigenvalue weighted by Gasteiger charge is 2.34. The van der Waals surface area contributed by atoms with E-state index in [-0.39, 0.29) is 15.6 Å². The first-order valence-corrected chi connectivity index (χ1v) is 10.4. The van der Waals surface area contributed by atoms with Crippen LogP contribution >= 0.6 is 55.1 Å². The van der Waals surface area contributed by atoms with E-state index in [4.69, 9.17) is 23.2 Å². The van der Waals surface area contributed by atoms with Crippen molar-refractivity contribution < 1.29 is 13.2 Å². The predicted octanol–water partition coefficient (Wildman–Crippen LogP) is 5.21. The zero-order valence-electron chi connectivity index (χ0n) is 12.2. The third-order valence-electron chi connectivity index (χ3n) is 3.20. The number of carbonyl (C=O) groups excluding carboxylic acids is 1. The van der Waals surface area contributed by atoms with E-state index >= 15 is 0 Å². The Hall–Kier alpha value is -0.600. The highest BCUT2D eigenvalue weighted by molar-refractivity contribution is 9.10. The zero-order chi connectivity index (χ0) is 18.1. The van der Waals surface area contributed by atoms with Crippen LogP contribution in [0.4, 0.5) is 5.69 Å². The van der Waals surface area contributed by atoms with Crippen molar-refractivity contribution in [3.8, 4) is 0 Å². The summed E-state index contributed by atoms with van der Waals surface area (Å²) in [4.78, 5) is 11.7. The van der Waals surface area contributed by atoms with Crippen molar-refractivity contribution in [2.24, 2.45) is 0 Å². The molecular formula is C15H11Br2Cl2NO3S. The predicted molar refractivity (Wildman–Crippen MR) is 103 cm³/mol. The summed E-state index contributed by atoms with van der Waals surface area (Å²) in [5.41, 5.74) is 0.171. The molecule has 0 aliphatic rings. The Labute approximate surface area is 167 Å². The monoisotopic (exact) mass is 513 g/mol. The molecule has 0 bridgehead atoms. The number of nitrogens with zero attached hydrogens (tertiary/aromatic N) is 1. The molecule has 2 aromatic rings. The summed E-state index contributed by atoms with van der Waals surface area (Å²) in [6.07, 6.45) is 0. The summed E-state index contributed by atoms with van der Waals surface area (Å²) in [7, 11) is -4.04. The van der Waals surface area contributed by atoms with E-state index in [1.54, 1.807) is 24.3 Å². The lowest BCUT2D eigenvalue weighted by atomic mass is 10.3. The maximum Gasteiger partial charge on any atom is 0.265 e. The first-order valence-electron chi connectivity index (χ1n) is 6.59. The van der Waals surface area contributed by atoms with Gasteiger partial charge in [0.25, 0.3) is 10.0 Å². The van der Waals surface area contributed by atoms with Crippen LogP contribution < -0.4 is 4.31 Å². The molecule has 0 fully saturated rings. The Morgan fingerprint density at radius 2 is 1.62 bits per heavy atom. The molecule has 0 saturated carbocycles. The summed E-state index contributed by atoms with van der Waals surface area (Å²) in [5, 5.41) is -0.635. The van der Waals surface area contributed by atoms with E-state index in [9.17, 15) is 13.2 Å². The molecule has 0 spiro atoms. The number of benzene rings is 2. The summed E-state index contributed by atoms with van der Waals surface area (Å²) in [6.45, 7) is 1.41. The number of halogens is 4. The van der Waals surface area contributed by atoms with E-state index in [2.05, 4.69) is 31.9 Å². The normalized spacial score (nSPS) is 12.7. The van der Waals surface area contributed by atoms with Crippen molar-refractivity contribution >= 4 is 76.0 Å². The fourth-order valence-corrected chi connectivity index (χ4v) is 4.89. The summed E-state index contributed by atoms with van der Waals surface area (Å²) in [5.74, 6) is 0. The second kappa shape index (κ2) is 7.74. The van der Waals surface area contributed by atoms with Crippen molar-refractivity contribution in [3.05, 3.63) is 56.4 Å². The van der Waals surface area contributed by atoms with Crippen LogP contribution in [0.5, 0.6) is 0 Å². The first kappa shape index (κ1) is 19.7. The van der Waals surface area contributed by atoms with Crippen LogP contribution in [0.2, 0.25) is 5.02 Å². The van der Waals surface area contributed by atoms with Crippen LogP contribution in [-0.2, 0) is 14.8 Å². The van der Waals surface area contributed by atoms with Gasteiger partial charge in [0.05, 0.1) is 15.6 Å². The smallest absolute Gasteiger partial charge is 0.265 e. The molecule has 128 valence electrons. The number of sulfonamides is 1. The topological polar surface area (TPSA) is 54.5 Å². The van der Waals surface area contributed by atoms with Gasteiger partial charge >= 0.3 is 0 Å². The van der Waals surface area contributed by atoms with Gasteiger partial charge in [-0.05, 0) is 61.0 Å². The van der Waals surface area contributed by atoms with Gasteiger partial charge in [0.15, 0.2) is 0 Å². The van der Waals surface area contributed by atoms with Crippen molar-refractivity contribution in [2.45, 2.75) is 17.9 Å². The first-order chi connectivity index (χ1) is 11.1. The minimum Gasteiger partial charge on any atom is -0.279 e. The van der Waals surface area contributed by atoms with E-state index in [0.29, 0.717) is 4.47 Å². The Bertz CT molecular complexity index is 873. The van der Waals surface area contributed by atoms with Gasteiger partial charge < -0.3 is 0 Å². The molecular weight excluding hydrogens is 505 g/mol. The van der Waals surface area contributed by atoms with E-state index in [0.717, 1.165) is 8.78 Å². The van der Waals surface area contributed by atoms with Crippen LogP contribution in [0.15, 0.2) is 56.3 Å². The quantitative estimate of drug-likeness (QED) is 0.513. The summed E-state index contributed by atoms with van der Waals surface area (Å²) >= 11 is 18.3. The summed E-state index contributed by atoms with van der Waals surface area (Å²) in [6, 6.07) is 9.64. The van der Waals surface area contributed by atoms with Gasteiger partial charge in [0.2, 0.25) is 5.24 Å². The molecule has 0 amide bonds. The van der Waals surface area contributed by atoms with E-state index in [1.165, 1.54) is 25.1 Å². The van der Waals surface area contributed by atoms with Crippen molar-refractivity contribution in [2.75, 3.05) is 4.31 Å². The van der Waals surface area contributed by atoms with Crippen LogP contribution in [-0.4, -0.2) is 19.7 Å². The number of carbonyl (C=O) groups is 1. The molecule has 0 aliphatic heterocycles. The Morgan fingerprint density at radius 1 is 1.08 bits per heavy atom. The summed E-state index contributed by atoms with van der Waals surface area (Å²) < 4.78 is 28.5. The van der Waals surface area contributed by atoms with Crippen LogP contribution in [0.1, 0.15) is 6.92 Å². The molecule has 0 radical (unpaired) electrons. The third kappa shape index (κ3) is 4.14. The van der Waals surface area contributed by atoms with Crippen molar-refractivity contribution in [1.29, 1.82) is 0 Å². The minimum absolute atomic E-state index is 0.0226. The highest BCUT2D eigenvalue weighted by Crippen LogP contribution is 2.35. The lowest BCUT2D eigenvalue weighted by Gasteiger charge is -2.29. The molecule has 0 saturated heterocycles. The minimum atomic E-state index is -4.04. The van der Waals surface area contributed by atoms with Crippen LogP contribution in [0.25, 0.3) is 0 Å². The Kier molecular flexibility index (Phi) is 6.36. The molecule has 1 unspecified atom stereocenters. The second-order valence-corrected chi connectivity index (χ2v) is 9.26. The van der Waals surface area contributed by atoms with Crippen LogP contribution in [0.3, 0.4) is 0 Å². The number of hydrogen-bond acceptors (Lipinski definition) is 3. The molecule has 1 atom stereocenters. The Morgan fingerprint density at radius 3 is 2.12 bits per heavy atom. The van der Waals surface area contributed by atoms with Crippen LogP contribution in [0, 0.1) is 0 Å². The SMILES string of the molecule is CC(C(=O)Cl)N(c1ccc(Br)cc1Cl)S(=O)(=O)c1ccc(Br)cc1. The van der Waals surface area contributed by atoms with Gasteiger partial charge in [0.1, 0.15) is 6.04 Å². The fraction of sp³-hybridized carbons (Fsp3) is 0.133. The maximum atomic E-state index is 13.1. The molecule has 4 nitrogen and oxygen atoms in total. The molecule has 24 heavy (non-hydrogen) atoms. The van der Waals surface area contributed by atoms with Gasteiger partial charge in [-0.3, -0.25) is 9.10 Å². The van der Waals surface area contributed by atoms with Gasteiger partial charge in [-0.2, -0.15) is 0 Å². The molecule has 0 N–H and O–H groups in total. The largest absolute Gasteiger partial charge is 0.279 e. The molecule has 2 rings (SSSR count). The standard InChI is InChI=1S/C15H11Br2Cl2NO3S/c1-9(15(19)21)20(14-7-4-11(17)8-13(14)18)24(22,23)12-5-2-10(16)3-6-12/h2-9H,1H3. The third-order valence-corrected chi connectivity index (χ3v) is 6.74. The second-order valence-electron chi connectivity index (χ2n) is 4.83. The molecule has 2 aromatic carbocycles. The van der Waals surface area contributed by atoms with Crippen molar-refractivity contribution in [3.63, 3.8) is 0 Å². The van der Waals surface area contributed by atoms with Gasteiger partial charge in [-0.1, -0.05) is 43.5 Å². The average Bonchev–Trinajstić information content (AvgIpc) is 2.49. The zero-order valence-corrected chi connectivity index (χ0v) is 17.7. The Balaban J connectivity index is 2.66. The van der Waals surface area contributed by atoms with Crippen molar-refractivity contribution in [1.82, 2.24) is 0 Å². The fourth-order valence-electron chi connectivity index (χ4n) is 2.02. The molecule has 0 heterocycles. The molecule has 0 aromatic heterocycles. The van der Waals surface area contributed by atoms with Gasteiger partial charge in [-0.25, -0.2) is 8.42 Å². The lowest BCUT2D eigenvalue weighted by molar-refractivity contribution is -0.112. The maximum absolute atomic E-state index is 13.1. The van der Waals surface area contributed by atoms with E-state index < -0.39 is 21.3 Å². The van der Waals surface area contributed by atoms with E-state index in [1.807, 2.05) is 0 Å². The van der Waals surface area contributed by atoms with Gasteiger partial charge in [0, 0.05) is 8.95 Å². The average molecular weight is 516 g/mol. The number of anilines is 1. The molecule has 0 aliphatic carbocycles. The van der Waals surface area contributed by atoms with Gasteiger partial charge in [-0.15, -0.1) is 0 Å².